The predicted molar refractivity (Wildman–Crippen MR) is 150 cm³/mol. The Labute approximate surface area is 244 Å². The van der Waals surface area contributed by atoms with Crippen molar-refractivity contribution >= 4 is 55.1 Å². The van der Waals surface area contributed by atoms with Crippen LogP contribution in [0.25, 0.3) is 0 Å². The molecule has 13 heteroatoms. The Hall–Kier alpha value is -3.09. The molecule has 0 saturated carbocycles. The van der Waals surface area contributed by atoms with Crippen molar-refractivity contribution in [3.8, 4) is 0 Å². The van der Waals surface area contributed by atoms with Gasteiger partial charge in [0.1, 0.15) is 12.6 Å². The van der Waals surface area contributed by atoms with Gasteiger partial charge in [-0.2, -0.15) is 13.2 Å². The fourth-order valence-electron chi connectivity index (χ4n) is 3.83. The molecule has 40 heavy (non-hydrogen) atoms. The van der Waals surface area contributed by atoms with Crippen LogP contribution in [0.15, 0.2) is 82.2 Å². The summed E-state index contributed by atoms with van der Waals surface area (Å²) in [5.74, 6) is -1.28. The molecule has 1 N–H and O–H groups in total. The first-order valence-corrected chi connectivity index (χ1v) is 14.6. The molecule has 3 aromatic carbocycles. The smallest absolute Gasteiger partial charge is 0.355 e. The molecule has 0 aliphatic heterocycles. The van der Waals surface area contributed by atoms with Gasteiger partial charge in [0.05, 0.1) is 21.2 Å². The van der Waals surface area contributed by atoms with Crippen LogP contribution >= 0.6 is 27.5 Å². The number of hydrogen-bond donors (Lipinski definition) is 1. The van der Waals surface area contributed by atoms with Crippen LogP contribution in [0.5, 0.6) is 0 Å². The van der Waals surface area contributed by atoms with Crippen LogP contribution in [0.2, 0.25) is 5.02 Å². The van der Waals surface area contributed by atoms with Gasteiger partial charge in [0, 0.05) is 17.6 Å². The van der Waals surface area contributed by atoms with Gasteiger partial charge in [-0.15, -0.1) is 0 Å². The van der Waals surface area contributed by atoms with Crippen molar-refractivity contribution in [2.45, 2.75) is 37.5 Å². The van der Waals surface area contributed by atoms with Crippen molar-refractivity contribution in [3.63, 3.8) is 0 Å². The fourth-order valence-corrected chi connectivity index (χ4v) is 5.74. The number of amides is 2. The summed E-state index contributed by atoms with van der Waals surface area (Å²) in [7, 11) is -4.52. The number of alkyl halides is 3. The van der Waals surface area contributed by atoms with Crippen LogP contribution in [-0.4, -0.2) is 44.3 Å². The second-order valence-corrected chi connectivity index (χ2v) is 11.9. The number of anilines is 1. The van der Waals surface area contributed by atoms with Crippen LogP contribution in [0, 0.1) is 0 Å². The number of benzene rings is 3. The van der Waals surface area contributed by atoms with Gasteiger partial charge < -0.3 is 10.2 Å². The highest BCUT2D eigenvalue weighted by Crippen LogP contribution is 2.38. The van der Waals surface area contributed by atoms with E-state index in [-0.39, 0.29) is 11.4 Å². The summed E-state index contributed by atoms with van der Waals surface area (Å²) in [6.45, 7) is 2.55. The second-order valence-electron chi connectivity index (χ2n) is 8.71. The minimum atomic E-state index is -4.88. The maximum atomic E-state index is 13.8. The molecular formula is C27H26BrClF3N3O4S. The number of hydrogen-bond acceptors (Lipinski definition) is 4. The maximum Gasteiger partial charge on any atom is 0.417 e. The Morgan fingerprint density at radius 2 is 1.65 bits per heavy atom. The summed E-state index contributed by atoms with van der Waals surface area (Å²) in [6, 6.07) is 15.5. The maximum absolute atomic E-state index is 13.8. The van der Waals surface area contributed by atoms with E-state index in [0.29, 0.717) is 22.5 Å². The molecule has 0 aliphatic carbocycles. The van der Waals surface area contributed by atoms with Crippen molar-refractivity contribution < 1.29 is 31.2 Å². The van der Waals surface area contributed by atoms with Gasteiger partial charge in [0.25, 0.3) is 10.0 Å². The summed E-state index contributed by atoms with van der Waals surface area (Å²) in [6.07, 6.45) is -4.88. The topological polar surface area (TPSA) is 86.8 Å². The number of halogens is 5. The molecule has 0 aliphatic rings. The Bertz CT molecular complexity index is 1460. The molecule has 0 fully saturated rings. The lowest BCUT2D eigenvalue weighted by Gasteiger charge is -2.32. The molecule has 214 valence electrons. The normalized spacial score (nSPS) is 12.5. The SMILES string of the molecule is CCNC(=O)C(C)N(Cc1ccc(Br)cc1)C(=O)CN(c1ccc(Cl)c(C(F)(F)F)c1)S(=O)(=O)c1ccccc1. The minimum absolute atomic E-state index is 0.0575. The average Bonchev–Trinajstić information content (AvgIpc) is 2.91. The molecule has 1 unspecified atom stereocenters. The molecule has 3 aromatic rings. The standard InChI is InChI=1S/C27H26BrClF3N3O4S/c1-3-33-26(37)18(2)34(16-19-9-11-20(28)12-10-19)25(36)17-35(40(38,39)22-7-5-4-6-8-22)21-13-14-24(29)23(15-21)27(30,31)32/h4-15,18H,3,16-17H2,1-2H3,(H,33,37). The first-order valence-electron chi connectivity index (χ1n) is 12.0. The zero-order chi connectivity index (χ0) is 29.7. The summed E-state index contributed by atoms with van der Waals surface area (Å²) in [5, 5.41) is 2.01. The van der Waals surface area contributed by atoms with Crippen molar-refractivity contribution in [2.75, 3.05) is 17.4 Å². The molecule has 2 amide bonds. The third kappa shape index (κ3) is 7.55. The lowest BCUT2D eigenvalue weighted by Crippen LogP contribution is -2.51. The molecule has 0 radical (unpaired) electrons. The molecule has 1 atom stereocenters. The van der Waals surface area contributed by atoms with Gasteiger partial charge in [-0.3, -0.25) is 13.9 Å². The van der Waals surface area contributed by atoms with E-state index in [2.05, 4.69) is 21.2 Å². The zero-order valence-electron chi connectivity index (χ0n) is 21.5. The lowest BCUT2D eigenvalue weighted by molar-refractivity contribution is -0.139. The third-order valence-corrected chi connectivity index (χ3v) is 8.58. The Morgan fingerprint density at radius 1 is 1.02 bits per heavy atom. The Morgan fingerprint density at radius 3 is 2.23 bits per heavy atom. The molecule has 3 rings (SSSR count). The molecule has 0 spiro atoms. The van der Waals surface area contributed by atoms with E-state index in [4.69, 9.17) is 11.6 Å². The largest absolute Gasteiger partial charge is 0.417 e. The van der Waals surface area contributed by atoms with Crippen LogP contribution in [0.3, 0.4) is 0 Å². The zero-order valence-corrected chi connectivity index (χ0v) is 24.6. The highest BCUT2D eigenvalue weighted by Gasteiger charge is 2.36. The van der Waals surface area contributed by atoms with E-state index >= 15 is 0 Å². The molecule has 0 saturated heterocycles. The highest BCUT2D eigenvalue weighted by atomic mass is 79.9. The van der Waals surface area contributed by atoms with E-state index in [1.165, 1.54) is 36.1 Å². The van der Waals surface area contributed by atoms with Crippen molar-refractivity contribution in [3.05, 3.63) is 93.4 Å². The van der Waals surface area contributed by atoms with Crippen molar-refractivity contribution in [1.82, 2.24) is 10.2 Å². The summed E-state index contributed by atoms with van der Waals surface area (Å²) in [5.41, 5.74) is -1.02. The number of nitrogens with one attached hydrogen (secondary N) is 1. The Kier molecular flexibility index (Phi) is 10.3. The summed E-state index contributed by atoms with van der Waals surface area (Å²) in [4.78, 5) is 27.4. The van der Waals surface area contributed by atoms with E-state index < -0.39 is 56.9 Å². The summed E-state index contributed by atoms with van der Waals surface area (Å²) < 4.78 is 69.8. The van der Waals surface area contributed by atoms with E-state index in [1.54, 1.807) is 37.3 Å². The van der Waals surface area contributed by atoms with Crippen LogP contribution in [0.1, 0.15) is 25.0 Å². The van der Waals surface area contributed by atoms with Crippen molar-refractivity contribution in [1.29, 1.82) is 0 Å². The van der Waals surface area contributed by atoms with Crippen LogP contribution < -0.4 is 9.62 Å². The van der Waals surface area contributed by atoms with Crippen molar-refractivity contribution in [2.24, 2.45) is 0 Å². The number of rotatable bonds is 10. The number of likely N-dealkylation sites (N-methyl/N-ethyl adjacent to an activating group) is 1. The number of carbonyl (C=O) groups is 2. The van der Waals surface area contributed by atoms with E-state index in [9.17, 15) is 31.2 Å². The first kappa shape index (κ1) is 31.4. The monoisotopic (exact) mass is 659 g/mol. The number of sulfonamides is 1. The Balaban J connectivity index is 2.10. The third-order valence-electron chi connectivity index (χ3n) is 5.94. The second kappa shape index (κ2) is 13.0. The lowest BCUT2D eigenvalue weighted by atomic mass is 10.1. The highest BCUT2D eigenvalue weighted by molar-refractivity contribution is 9.10. The van der Waals surface area contributed by atoms with Crippen LogP contribution in [-0.2, 0) is 32.3 Å². The fraction of sp³-hybridized carbons (Fsp3) is 0.259. The van der Waals surface area contributed by atoms with Crippen LogP contribution in [0.4, 0.5) is 18.9 Å². The van der Waals surface area contributed by atoms with Gasteiger partial charge in [0.15, 0.2) is 0 Å². The molecule has 0 bridgehead atoms. The first-order chi connectivity index (χ1) is 18.8. The molecule has 0 aromatic heterocycles. The number of nitrogens with zero attached hydrogens (tertiary/aromatic N) is 2. The minimum Gasteiger partial charge on any atom is -0.355 e. The average molecular weight is 661 g/mol. The van der Waals surface area contributed by atoms with Gasteiger partial charge in [-0.1, -0.05) is 57.9 Å². The van der Waals surface area contributed by atoms with Gasteiger partial charge in [-0.25, -0.2) is 8.42 Å². The molecule has 7 nitrogen and oxygen atoms in total. The predicted octanol–water partition coefficient (Wildman–Crippen LogP) is 5.87. The van der Waals surface area contributed by atoms with Gasteiger partial charge in [-0.05, 0) is 61.9 Å². The van der Waals surface area contributed by atoms with E-state index in [0.717, 1.165) is 16.6 Å². The molecule has 0 heterocycles. The molecular weight excluding hydrogens is 635 g/mol. The quantitative estimate of drug-likeness (QED) is 0.295. The number of carbonyl (C=O) groups excluding carboxylic acids is 2. The van der Waals surface area contributed by atoms with Gasteiger partial charge in [0.2, 0.25) is 11.8 Å². The summed E-state index contributed by atoms with van der Waals surface area (Å²) >= 11 is 9.10. The van der Waals surface area contributed by atoms with Gasteiger partial charge >= 0.3 is 6.18 Å². The van der Waals surface area contributed by atoms with E-state index in [1.807, 2.05) is 0 Å².